The lowest BCUT2D eigenvalue weighted by Gasteiger charge is -2.26. The summed E-state index contributed by atoms with van der Waals surface area (Å²) in [5.41, 5.74) is 6.24. The van der Waals surface area contributed by atoms with Crippen molar-refractivity contribution >= 4 is 82.9 Å². The van der Waals surface area contributed by atoms with Gasteiger partial charge in [0.25, 0.3) is 0 Å². The van der Waals surface area contributed by atoms with Crippen molar-refractivity contribution in [2.24, 2.45) is 0 Å². The van der Waals surface area contributed by atoms with Gasteiger partial charge < -0.3 is 18.2 Å². The fraction of sp³-hybridized carbons (Fsp3) is 0. The van der Waals surface area contributed by atoms with Crippen LogP contribution < -0.4 is 4.90 Å². The van der Waals surface area contributed by atoms with Crippen molar-refractivity contribution < 1.29 is 24.2 Å². The molecule has 0 atom stereocenters. The van der Waals surface area contributed by atoms with Crippen LogP contribution >= 0.6 is 0 Å². The monoisotopic (exact) mass is 751 g/mol. The Morgan fingerprint density at radius 1 is 0.293 bits per heavy atom. The maximum atomic E-state index is 9.69. The quantitative estimate of drug-likeness (QED) is 0.170. The van der Waals surface area contributed by atoms with Gasteiger partial charge in [0.1, 0.15) is 33.5 Å². The predicted octanol–water partition coefficient (Wildman–Crippen LogP) is 15.9. The maximum absolute atomic E-state index is 9.69. The molecule has 0 aliphatic rings. The third-order valence-corrected chi connectivity index (χ3v) is 10.9. The molecule has 0 radical (unpaired) electrons. The molecule has 4 heteroatoms. The fourth-order valence-corrected chi connectivity index (χ4v) is 8.25. The largest absolute Gasteiger partial charge is 0.456 e. The molecule has 3 aromatic heterocycles. The molecule has 9 aromatic carbocycles. The van der Waals surface area contributed by atoms with Crippen molar-refractivity contribution in [1.82, 2.24) is 0 Å². The Morgan fingerprint density at radius 3 is 1.03 bits per heavy atom. The van der Waals surface area contributed by atoms with E-state index < -0.39 is 24.2 Å². The second-order valence-electron chi connectivity index (χ2n) is 14.2. The van der Waals surface area contributed by atoms with Gasteiger partial charge in [-0.2, -0.15) is 0 Å². The van der Waals surface area contributed by atoms with Crippen molar-refractivity contribution in [3.63, 3.8) is 0 Å². The molecular weight excluding hydrogens is 711 g/mol. The third kappa shape index (κ3) is 5.09. The summed E-state index contributed by atoms with van der Waals surface area (Å²) in [6.07, 6.45) is 0. The Labute approximate surface area is 344 Å². The molecule has 0 spiro atoms. The van der Waals surface area contributed by atoms with Gasteiger partial charge in [0.05, 0.1) is 11.0 Å². The Bertz CT molecular complexity index is 3760. The molecule has 4 nitrogen and oxygen atoms in total. The first-order valence-corrected chi connectivity index (χ1v) is 18.9. The molecule has 0 unspecified atom stereocenters. The molecular formula is C54H33NO3. The molecule has 0 saturated heterocycles. The van der Waals surface area contributed by atoms with Gasteiger partial charge in [0, 0.05) is 49.4 Å². The lowest BCUT2D eigenvalue weighted by molar-refractivity contribution is 0.668. The number of benzene rings is 9. The smallest absolute Gasteiger partial charge is 0.136 e. The number of furan rings is 3. The molecule has 12 rings (SSSR count). The molecule has 0 fully saturated rings. The first-order chi connectivity index (χ1) is 32.1. The number of para-hydroxylation sites is 3. The normalized spacial score (nSPS) is 13.7. The van der Waals surface area contributed by atoms with Crippen LogP contribution in [-0.4, -0.2) is 0 Å². The lowest BCUT2D eigenvalue weighted by Crippen LogP contribution is -2.09. The van der Waals surface area contributed by atoms with Gasteiger partial charge in [-0.05, 0) is 106 Å². The average Bonchev–Trinajstić information content (AvgIpc) is 4.04. The van der Waals surface area contributed by atoms with Gasteiger partial charge in [-0.3, -0.25) is 0 Å². The van der Waals surface area contributed by atoms with Crippen LogP contribution in [0.2, 0.25) is 0 Å². The van der Waals surface area contributed by atoms with Crippen molar-refractivity contribution in [1.29, 1.82) is 0 Å². The fourth-order valence-electron chi connectivity index (χ4n) is 8.25. The summed E-state index contributed by atoms with van der Waals surface area (Å²) in [5.74, 6) is 0. The topological polar surface area (TPSA) is 42.7 Å². The summed E-state index contributed by atoms with van der Waals surface area (Å²) in [6.45, 7) is 0. The number of hydrogen-bond acceptors (Lipinski definition) is 4. The Hall–Kier alpha value is -7.82. The van der Waals surface area contributed by atoms with E-state index in [2.05, 4.69) is 0 Å². The first-order valence-electron chi connectivity index (χ1n) is 22.9. The average molecular weight is 752 g/mol. The standard InChI is InChI=1S/C54H33NO3/c1-4-16-46-43(10-1)52-40(13-7-19-49(52)56-46)34-22-28-37(29-23-34)55(38-30-24-35(25-31-38)41-14-8-20-50-53(41)44-11-2-5-17-47(44)57-50)39-32-26-36(27-33-39)42-15-9-21-51-54(42)45-12-3-6-18-48(45)58-51/h1-33H/i22D,23D,24D,25D,28D,29D,30D,31D. The van der Waals surface area contributed by atoms with Crippen LogP contribution in [0.1, 0.15) is 11.0 Å². The molecule has 272 valence electrons. The van der Waals surface area contributed by atoms with Crippen LogP contribution in [-0.2, 0) is 0 Å². The highest BCUT2D eigenvalue weighted by molar-refractivity contribution is 6.14. The Kier molecular flexibility index (Phi) is 5.63. The molecule has 0 aliphatic carbocycles. The summed E-state index contributed by atoms with van der Waals surface area (Å²) in [5, 5.41) is 4.67. The van der Waals surface area contributed by atoms with E-state index in [0.29, 0.717) is 49.8 Å². The van der Waals surface area contributed by atoms with Crippen molar-refractivity contribution in [3.8, 4) is 33.4 Å². The lowest BCUT2D eigenvalue weighted by atomic mass is 9.98. The van der Waals surface area contributed by atoms with E-state index in [1.54, 1.807) is 48.5 Å². The summed E-state index contributed by atoms with van der Waals surface area (Å²) < 4.78 is 95.5. The van der Waals surface area contributed by atoms with Gasteiger partial charge in [-0.25, -0.2) is 0 Å². The van der Waals surface area contributed by atoms with Crippen LogP contribution in [0.25, 0.3) is 99.2 Å². The highest BCUT2D eigenvalue weighted by Gasteiger charge is 2.18. The first kappa shape index (κ1) is 25.4. The van der Waals surface area contributed by atoms with Crippen LogP contribution in [0.4, 0.5) is 17.1 Å². The SMILES string of the molecule is [2H]c1c([2H])c(N(c2ccc(-c3cccc4oc5ccccc5c34)cc2)c2c([2H])c([2H])c(-c3cccc4oc5ccccc5c34)c([2H])c2[2H])c([2H])c([2H])c1-c1cccc2oc3ccccc3c12. The van der Waals surface area contributed by atoms with Crippen molar-refractivity contribution in [2.45, 2.75) is 0 Å². The van der Waals surface area contributed by atoms with E-state index in [1.807, 2.05) is 103 Å². The minimum absolute atomic E-state index is 0.0528. The van der Waals surface area contributed by atoms with Gasteiger partial charge in [0.15, 0.2) is 0 Å². The predicted molar refractivity (Wildman–Crippen MR) is 239 cm³/mol. The molecule has 12 aromatic rings. The van der Waals surface area contributed by atoms with E-state index in [0.717, 1.165) is 38.3 Å². The molecule has 0 bridgehead atoms. The molecule has 0 aliphatic heterocycles. The Morgan fingerprint density at radius 2 is 0.638 bits per heavy atom. The highest BCUT2D eigenvalue weighted by atomic mass is 16.3. The molecule has 0 N–H and O–H groups in total. The van der Waals surface area contributed by atoms with Gasteiger partial charge >= 0.3 is 0 Å². The van der Waals surface area contributed by atoms with E-state index in [9.17, 15) is 11.0 Å². The second kappa shape index (κ2) is 12.9. The number of nitrogens with zero attached hydrogens (tertiary/aromatic N) is 1. The third-order valence-electron chi connectivity index (χ3n) is 10.9. The number of hydrogen-bond donors (Lipinski definition) is 0. The van der Waals surface area contributed by atoms with E-state index >= 15 is 0 Å². The summed E-state index contributed by atoms with van der Waals surface area (Å²) in [4.78, 5) is 1.33. The maximum Gasteiger partial charge on any atom is 0.136 e. The van der Waals surface area contributed by atoms with Crippen molar-refractivity contribution in [2.75, 3.05) is 4.90 Å². The zero-order valence-corrected chi connectivity index (χ0v) is 30.6. The van der Waals surface area contributed by atoms with Crippen molar-refractivity contribution in [3.05, 3.63) is 200 Å². The minimum Gasteiger partial charge on any atom is -0.456 e. The summed E-state index contributed by atoms with van der Waals surface area (Å²) in [6, 6.07) is 43.1. The number of fused-ring (bicyclic) bond motifs is 9. The van der Waals surface area contributed by atoms with Crippen LogP contribution in [0.15, 0.2) is 213 Å². The zero-order chi connectivity index (χ0) is 45.1. The molecule has 0 saturated carbocycles. The van der Waals surface area contributed by atoms with Gasteiger partial charge in [-0.15, -0.1) is 0 Å². The molecule has 58 heavy (non-hydrogen) atoms. The van der Waals surface area contributed by atoms with Gasteiger partial charge in [0.2, 0.25) is 0 Å². The van der Waals surface area contributed by atoms with Crippen LogP contribution in [0.5, 0.6) is 0 Å². The zero-order valence-electron chi connectivity index (χ0n) is 38.6. The molecule has 3 heterocycles. The van der Waals surface area contributed by atoms with Crippen LogP contribution in [0, 0.1) is 0 Å². The Balaban J connectivity index is 1.10. The number of anilines is 3. The summed E-state index contributed by atoms with van der Waals surface area (Å²) >= 11 is 0. The highest BCUT2D eigenvalue weighted by Crippen LogP contribution is 2.43. The molecule has 0 amide bonds. The van der Waals surface area contributed by atoms with Gasteiger partial charge in [-0.1, -0.05) is 127 Å². The summed E-state index contributed by atoms with van der Waals surface area (Å²) in [7, 11) is 0. The minimum atomic E-state index is -0.440. The van der Waals surface area contributed by atoms with Crippen LogP contribution in [0.3, 0.4) is 0 Å². The van der Waals surface area contributed by atoms with E-state index in [4.69, 9.17) is 13.3 Å². The van der Waals surface area contributed by atoms with E-state index in [1.165, 1.54) is 4.90 Å². The number of rotatable bonds is 6. The second-order valence-corrected chi connectivity index (χ2v) is 14.2. The van der Waals surface area contributed by atoms with E-state index in [-0.39, 0.29) is 52.4 Å².